The number of rotatable bonds is 4. The topological polar surface area (TPSA) is 40.6 Å². The fourth-order valence-corrected chi connectivity index (χ4v) is 4.14. The summed E-state index contributed by atoms with van der Waals surface area (Å²) in [4.78, 5) is 2.36. The van der Waals surface area contributed by atoms with Gasteiger partial charge in [-0.2, -0.15) is 4.31 Å². The highest BCUT2D eigenvalue weighted by molar-refractivity contribution is 7.89. The van der Waals surface area contributed by atoms with E-state index in [1.165, 1.54) is 0 Å². The van der Waals surface area contributed by atoms with Gasteiger partial charge in [0.05, 0.1) is 5.75 Å². The first-order chi connectivity index (χ1) is 8.10. The molecule has 0 aromatic rings. The predicted molar refractivity (Wildman–Crippen MR) is 76.1 cm³/mol. The molecular formula is C13H28N2O2S. The first-order valence-corrected chi connectivity index (χ1v) is 8.41. The molecule has 4 nitrogen and oxygen atoms in total. The lowest BCUT2D eigenvalue weighted by molar-refractivity contribution is 0.140. The predicted octanol–water partition coefficient (Wildman–Crippen LogP) is 1.64. The van der Waals surface area contributed by atoms with Crippen LogP contribution in [0.15, 0.2) is 0 Å². The average Bonchev–Trinajstić information content (AvgIpc) is 2.13. The minimum absolute atomic E-state index is 0.197. The summed E-state index contributed by atoms with van der Waals surface area (Å²) in [5.41, 5.74) is 0.277. The first-order valence-electron chi connectivity index (χ1n) is 6.80. The summed E-state index contributed by atoms with van der Waals surface area (Å²) in [6, 6.07) is 0. The van der Waals surface area contributed by atoms with Crippen LogP contribution in [0.1, 0.15) is 34.6 Å². The molecule has 0 saturated carbocycles. The molecule has 1 aliphatic heterocycles. The van der Waals surface area contributed by atoms with E-state index in [0.717, 1.165) is 19.6 Å². The van der Waals surface area contributed by atoms with Gasteiger partial charge in [-0.05, 0) is 11.3 Å². The molecule has 1 heterocycles. The second-order valence-corrected chi connectivity index (χ2v) is 8.92. The number of sulfonamides is 1. The molecule has 0 unspecified atom stereocenters. The molecule has 0 atom stereocenters. The summed E-state index contributed by atoms with van der Waals surface area (Å²) in [6.45, 7) is 14.6. The van der Waals surface area contributed by atoms with E-state index in [1.54, 1.807) is 4.31 Å². The molecule has 1 saturated heterocycles. The van der Waals surface area contributed by atoms with Crippen LogP contribution in [0, 0.1) is 11.3 Å². The van der Waals surface area contributed by atoms with Crippen LogP contribution >= 0.6 is 0 Å². The van der Waals surface area contributed by atoms with Crippen molar-refractivity contribution in [3.05, 3.63) is 0 Å². The van der Waals surface area contributed by atoms with Gasteiger partial charge >= 0.3 is 0 Å². The maximum atomic E-state index is 12.1. The molecule has 18 heavy (non-hydrogen) atoms. The van der Waals surface area contributed by atoms with Gasteiger partial charge in [0, 0.05) is 32.7 Å². The lowest BCUT2D eigenvalue weighted by Crippen LogP contribution is -2.51. The molecular weight excluding hydrogens is 248 g/mol. The van der Waals surface area contributed by atoms with Crippen molar-refractivity contribution in [2.24, 2.45) is 11.3 Å². The third-order valence-electron chi connectivity index (χ3n) is 2.97. The lowest BCUT2D eigenvalue weighted by Gasteiger charge is -2.37. The van der Waals surface area contributed by atoms with Gasteiger partial charge in [-0.25, -0.2) is 8.42 Å². The second-order valence-electron chi connectivity index (χ2n) is 6.91. The standard InChI is InChI=1S/C13H28N2O2S/c1-12(2)10-18(16,17)15-8-6-14(7-9-15)11-13(3,4)5/h12H,6-11H2,1-5H3. The highest BCUT2D eigenvalue weighted by Crippen LogP contribution is 2.18. The zero-order chi connectivity index (χ0) is 14.0. The number of hydrogen-bond acceptors (Lipinski definition) is 3. The van der Waals surface area contributed by atoms with Crippen LogP contribution in [0.25, 0.3) is 0 Å². The Balaban J connectivity index is 2.49. The molecule has 0 aliphatic carbocycles. The van der Waals surface area contributed by atoms with Gasteiger partial charge in [0.15, 0.2) is 0 Å². The molecule has 1 rings (SSSR count). The van der Waals surface area contributed by atoms with E-state index in [2.05, 4.69) is 25.7 Å². The Kier molecular flexibility index (Phi) is 5.21. The Hall–Kier alpha value is -0.130. The second kappa shape index (κ2) is 5.88. The van der Waals surface area contributed by atoms with Crippen molar-refractivity contribution >= 4 is 10.0 Å². The lowest BCUT2D eigenvalue weighted by atomic mass is 9.96. The summed E-state index contributed by atoms with van der Waals surface area (Å²) >= 11 is 0. The van der Waals surface area contributed by atoms with Crippen LogP contribution in [0.2, 0.25) is 0 Å². The van der Waals surface area contributed by atoms with Crippen molar-refractivity contribution in [1.29, 1.82) is 0 Å². The Morgan fingerprint density at radius 1 is 1.06 bits per heavy atom. The smallest absolute Gasteiger partial charge is 0.214 e. The maximum Gasteiger partial charge on any atom is 0.214 e. The van der Waals surface area contributed by atoms with Gasteiger partial charge in [0.2, 0.25) is 10.0 Å². The average molecular weight is 276 g/mol. The fourth-order valence-electron chi connectivity index (χ4n) is 2.36. The van der Waals surface area contributed by atoms with Crippen molar-refractivity contribution < 1.29 is 8.42 Å². The third-order valence-corrected chi connectivity index (χ3v) is 5.21. The summed E-state index contributed by atoms with van der Waals surface area (Å²) in [6.07, 6.45) is 0. The van der Waals surface area contributed by atoms with Crippen LogP contribution in [0.3, 0.4) is 0 Å². The molecule has 0 aromatic carbocycles. The summed E-state index contributed by atoms with van der Waals surface area (Å²) < 4.78 is 25.8. The number of piperazine rings is 1. The Labute approximate surface area is 112 Å². The van der Waals surface area contributed by atoms with Crippen LogP contribution in [0.5, 0.6) is 0 Å². The van der Waals surface area contributed by atoms with E-state index in [-0.39, 0.29) is 17.1 Å². The van der Waals surface area contributed by atoms with E-state index < -0.39 is 10.0 Å². The van der Waals surface area contributed by atoms with E-state index in [0.29, 0.717) is 13.1 Å². The monoisotopic (exact) mass is 276 g/mol. The van der Waals surface area contributed by atoms with Crippen LogP contribution in [-0.4, -0.2) is 56.1 Å². The van der Waals surface area contributed by atoms with Crippen molar-refractivity contribution in [3.8, 4) is 0 Å². The quantitative estimate of drug-likeness (QED) is 0.784. The summed E-state index contributed by atoms with van der Waals surface area (Å²) in [5.74, 6) is 0.467. The highest BCUT2D eigenvalue weighted by Gasteiger charge is 2.28. The highest BCUT2D eigenvalue weighted by atomic mass is 32.2. The number of nitrogens with zero attached hydrogens (tertiary/aromatic N) is 2. The van der Waals surface area contributed by atoms with Crippen molar-refractivity contribution in [2.45, 2.75) is 34.6 Å². The largest absolute Gasteiger partial charge is 0.300 e. The Morgan fingerprint density at radius 2 is 1.56 bits per heavy atom. The third kappa shape index (κ3) is 5.24. The zero-order valence-corrected chi connectivity index (χ0v) is 13.3. The first kappa shape index (κ1) is 15.9. The van der Waals surface area contributed by atoms with E-state index in [9.17, 15) is 8.42 Å². The molecule has 0 aromatic heterocycles. The fraction of sp³-hybridized carbons (Fsp3) is 1.00. The SMILES string of the molecule is CC(C)CS(=O)(=O)N1CCN(CC(C)(C)C)CC1. The Bertz CT molecular complexity index is 350. The van der Waals surface area contributed by atoms with E-state index >= 15 is 0 Å². The Morgan fingerprint density at radius 3 is 1.94 bits per heavy atom. The van der Waals surface area contributed by atoms with Gasteiger partial charge in [0.1, 0.15) is 0 Å². The van der Waals surface area contributed by atoms with Gasteiger partial charge in [-0.15, -0.1) is 0 Å². The van der Waals surface area contributed by atoms with Crippen LogP contribution in [0.4, 0.5) is 0 Å². The molecule has 0 N–H and O–H groups in total. The zero-order valence-electron chi connectivity index (χ0n) is 12.4. The summed E-state index contributed by atoms with van der Waals surface area (Å²) in [7, 11) is -3.04. The van der Waals surface area contributed by atoms with Crippen molar-refractivity contribution in [1.82, 2.24) is 9.21 Å². The molecule has 0 spiro atoms. The molecule has 5 heteroatoms. The van der Waals surface area contributed by atoms with Gasteiger partial charge in [-0.3, -0.25) is 0 Å². The molecule has 1 aliphatic rings. The van der Waals surface area contributed by atoms with E-state index in [1.807, 2.05) is 13.8 Å². The molecule has 0 bridgehead atoms. The van der Waals surface area contributed by atoms with Gasteiger partial charge < -0.3 is 4.90 Å². The molecule has 108 valence electrons. The van der Waals surface area contributed by atoms with Gasteiger partial charge in [-0.1, -0.05) is 34.6 Å². The molecule has 0 amide bonds. The van der Waals surface area contributed by atoms with Gasteiger partial charge in [0.25, 0.3) is 0 Å². The molecule has 0 radical (unpaired) electrons. The van der Waals surface area contributed by atoms with E-state index in [4.69, 9.17) is 0 Å². The van der Waals surface area contributed by atoms with Crippen LogP contribution < -0.4 is 0 Å². The van der Waals surface area contributed by atoms with Crippen LogP contribution in [-0.2, 0) is 10.0 Å². The summed E-state index contributed by atoms with van der Waals surface area (Å²) in [5, 5.41) is 0. The van der Waals surface area contributed by atoms with Crippen molar-refractivity contribution in [3.63, 3.8) is 0 Å². The molecule has 1 fully saturated rings. The normalized spacial score (nSPS) is 20.6. The minimum atomic E-state index is -3.04. The number of hydrogen-bond donors (Lipinski definition) is 0. The van der Waals surface area contributed by atoms with Crippen molar-refractivity contribution in [2.75, 3.05) is 38.5 Å². The minimum Gasteiger partial charge on any atom is -0.300 e. The maximum absolute atomic E-state index is 12.1.